The van der Waals surface area contributed by atoms with Gasteiger partial charge in [-0.15, -0.1) is 5.10 Å². The maximum Gasteiger partial charge on any atom is 0.338 e. The minimum absolute atomic E-state index is 0.349. The van der Waals surface area contributed by atoms with Crippen LogP contribution in [0.4, 0.5) is 5.95 Å². The first kappa shape index (κ1) is 24.3. The molecule has 34 heavy (non-hydrogen) atoms. The lowest BCUT2D eigenvalue weighted by Gasteiger charge is -2.28. The Morgan fingerprint density at radius 3 is 2.56 bits per heavy atom. The van der Waals surface area contributed by atoms with Crippen LogP contribution >= 0.6 is 27.7 Å². The summed E-state index contributed by atoms with van der Waals surface area (Å²) in [4.78, 5) is 17.6. The van der Waals surface area contributed by atoms with Gasteiger partial charge in [-0.3, -0.25) is 0 Å². The number of nitrogens with zero attached hydrogens (tertiary/aromatic N) is 3. The lowest BCUT2D eigenvalue weighted by molar-refractivity contribution is -0.139. The second-order valence-electron chi connectivity index (χ2n) is 7.78. The molecule has 0 radical (unpaired) electrons. The van der Waals surface area contributed by atoms with Crippen LogP contribution in [0.1, 0.15) is 44.4 Å². The maximum atomic E-state index is 13.0. The Labute approximate surface area is 212 Å². The quantitative estimate of drug-likeness (QED) is 0.263. The number of thioether (sulfide) groups is 1. The van der Waals surface area contributed by atoms with E-state index in [9.17, 15) is 4.79 Å². The molecule has 7 nitrogen and oxygen atoms in total. The van der Waals surface area contributed by atoms with Crippen LogP contribution in [-0.2, 0) is 16.1 Å². The van der Waals surface area contributed by atoms with Crippen molar-refractivity contribution < 1.29 is 14.3 Å². The van der Waals surface area contributed by atoms with Gasteiger partial charge >= 0.3 is 5.97 Å². The van der Waals surface area contributed by atoms with Crippen molar-refractivity contribution in [3.05, 3.63) is 75.4 Å². The molecule has 0 saturated carbocycles. The molecule has 178 valence electrons. The van der Waals surface area contributed by atoms with E-state index in [0.717, 1.165) is 39.2 Å². The summed E-state index contributed by atoms with van der Waals surface area (Å²) in [7, 11) is 0. The van der Waals surface area contributed by atoms with Crippen LogP contribution in [0.3, 0.4) is 0 Å². The van der Waals surface area contributed by atoms with Crippen LogP contribution in [0.2, 0.25) is 0 Å². The molecule has 1 aromatic heterocycles. The standard InChI is InChI=1S/C25H27BrN4O3S/c1-4-14-32-23(31)21-16(3)27-24-28-25(34-5-2)29-30(24)22(21)18-8-12-20(13-9-18)33-15-17-6-10-19(26)11-7-17/h6-13,22H,4-5,14-15H2,1-3H3,(H,27,28,29). The highest BCUT2D eigenvalue weighted by molar-refractivity contribution is 9.10. The molecule has 3 aromatic rings. The number of carbonyl (C=O) groups is 1. The van der Waals surface area contributed by atoms with Gasteiger partial charge in [-0.25, -0.2) is 9.48 Å². The number of nitrogens with one attached hydrogen (secondary N) is 1. The normalized spacial score (nSPS) is 15.0. The van der Waals surface area contributed by atoms with Crippen molar-refractivity contribution in [1.82, 2.24) is 14.8 Å². The van der Waals surface area contributed by atoms with Gasteiger partial charge in [0.1, 0.15) is 18.4 Å². The number of halogens is 1. The largest absolute Gasteiger partial charge is 0.489 e. The smallest absolute Gasteiger partial charge is 0.338 e. The van der Waals surface area contributed by atoms with Crippen LogP contribution in [0.5, 0.6) is 5.75 Å². The number of carbonyl (C=O) groups excluding carboxylic acids is 1. The zero-order valence-corrected chi connectivity index (χ0v) is 21.8. The summed E-state index contributed by atoms with van der Waals surface area (Å²) in [5.41, 5.74) is 3.23. The van der Waals surface area contributed by atoms with E-state index in [4.69, 9.17) is 9.47 Å². The second-order valence-corrected chi connectivity index (χ2v) is 9.93. The average Bonchev–Trinajstić information content (AvgIpc) is 3.23. The molecule has 2 heterocycles. The molecule has 0 bridgehead atoms. The van der Waals surface area contributed by atoms with Crippen LogP contribution in [0, 0.1) is 0 Å². The predicted octanol–water partition coefficient (Wildman–Crippen LogP) is 5.97. The van der Waals surface area contributed by atoms with Crippen molar-refractivity contribution in [3.63, 3.8) is 0 Å². The minimum atomic E-state index is -0.445. The monoisotopic (exact) mass is 542 g/mol. The number of rotatable bonds is 9. The van der Waals surface area contributed by atoms with Crippen molar-refractivity contribution in [2.75, 3.05) is 17.7 Å². The third kappa shape index (κ3) is 5.47. The van der Waals surface area contributed by atoms with Gasteiger partial charge in [0.15, 0.2) is 0 Å². The first-order valence-corrected chi connectivity index (χ1v) is 13.0. The minimum Gasteiger partial charge on any atom is -0.489 e. The summed E-state index contributed by atoms with van der Waals surface area (Å²) in [5.74, 6) is 1.87. The first-order valence-electron chi connectivity index (χ1n) is 11.2. The second kappa shape index (κ2) is 11.1. The molecule has 0 saturated heterocycles. The molecular weight excluding hydrogens is 516 g/mol. The summed E-state index contributed by atoms with van der Waals surface area (Å²) in [6.45, 7) is 6.74. The molecule has 1 N–H and O–H groups in total. The van der Waals surface area contributed by atoms with E-state index in [1.165, 1.54) is 0 Å². The first-order chi connectivity index (χ1) is 16.5. The van der Waals surface area contributed by atoms with Crippen LogP contribution in [0.25, 0.3) is 0 Å². The summed E-state index contributed by atoms with van der Waals surface area (Å²) in [6.07, 6.45) is 0.756. The number of ether oxygens (including phenoxy) is 2. The molecule has 0 spiro atoms. The summed E-state index contributed by atoms with van der Waals surface area (Å²) in [6, 6.07) is 15.3. The third-order valence-electron chi connectivity index (χ3n) is 5.28. The van der Waals surface area contributed by atoms with Gasteiger partial charge in [-0.1, -0.05) is 65.8 Å². The molecule has 0 fully saturated rings. The van der Waals surface area contributed by atoms with Gasteiger partial charge in [0.05, 0.1) is 12.2 Å². The number of hydrogen-bond donors (Lipinski definition) is 1. The molecule has 2 aromatic carbocycles. The molecule has 0 amide bonds. The third-order valence-corrected chi connectivity index (χ3v) is 6.53. The van der Waals surface area contributed by atoms with Gasteiger partial charge in [-0.2, -0.15) is 4.98 Å². The Balaban J connectivity index is 1.62. The fraction of sp³-hybridized carbons (Fsp3) is 0.320. The lowest BCUT2D eigenvalue weighted by atomic mass is 9.96. The molecule has 0 aliphatic carbocycles. The number of anilines is 1. The molecule has 1 aliphatic rings. The van der Waals surface area contributed by atoms with E-state index in [-0.39, 0.29) is 5.97 Å². The van der Waals surface area contributed by atoms with Crippen molar-refractivity contribution in [2.45, 2.75) is 45.0 Å². The maximum absolute atomic E-state index is 13.0. The van der Waals surface area contributed by atoms with Gasteiger partial charge in [0.25, 0.3) is 0 Å². The molecule has 1 unspecified atom stereocenters. The van der Waals surface area contributed by atoms with Crippen molar-refractivity contribution in [1.29, 1.82) is 0 Å². The highest BCUT2D eigenvalue weighted by Crippen LogP contribution is 2.37. The van der Waals surface area contributed by atoms with Gasteiger partial charge in [-0.05, 0) is 54.5 Å². The zero-order valence-electron chi connectivity index (χ0n) is 19.4. The number of hydrogen-bond acceptors (Lipinski definition) is 7. The SMILES string of the molecule is CCCOC(=O)C1=C(C)Nc2nc(SCC)nn2C1c1ccc(OCc2ccc(Br)cc2)cc1. The summed E-state index contributed by atoms with van der Waals surface area (Å²) >= 11 is 5.00. The van der Waals surface area contributed by atoms with Crippen LogP contribution in [-0.4, -0.2) is 33.1 Å². The van der Waals surface area contributed by atoms with E-state index < -0.39 is 6.04 Å². The Hall–Kier alpha value is -2.78. The summed E-state index contributed by atoms with van der Waals surface area (Å²) < 4.78 is 14.3. The molecule has 4 rings (SSSR count). The number of benzene rings is 2. The van der Waals surface area contributed by atoms with Gasteiger partial charge in [0, 0.05) is 10.2 Å². The van der Waals surface area contributed by atoms with Crippen molar-refractivity contribution in [3.8, 4) is 5.75 Å². The van der Waals surface area contributed by atoms with E-state index >= 15 is 0 Å². The van der Waals surface area contributed by atoms with Crippen LogP contribution in [0.15, 0.2) is 69.4 Å². The Morgan fingerprint density at radius 1 is 1.15 bits per heavy atom. The van der Waals surface area contributed by atoms with Crippen molar-refractivity contribution >= 4 is 39.6 Å². The fourth-order valence-electron chi connectivity index (χ4n) is 3.66. The number of allylic oxidation sites excluding steroid dienone is 1. The van der Waals surface area contributed by atoms with E-state index in [2.05, 4.69) is 38.3 Å². The van der Waals surface area contributed by atoms with E-state index in [1.54, 1.807) is 16.4 Å². The Morgan fingerprint density at radius 2 is 1.88 bits per heavy atom. The van der Waals surface area contributed by atoms with E-state index in [1.807, 2.05) is 62.4 Å². The van der Waals surface area contributed by atoms with Gasteiger partial charge < -0.3 is 14.8 Å². The Bertz CT molecular complexity index is 1180. The molecule has 9 heteroatoms. The topological polar surface area (TPSA) is 78.3 Å². The molecule has 1 atom stereocenters. The molecular formula is C25H27BrN4O3S. The average molecular weight is 543 g/mol. The highest BCUT2D eigenvalue weighted by atomic mass is 79.9. The fourth-order valence-corrected chi connectivity index (χ4v) is 4.48. The number of esters is 1. The molecule has 1 aliphatic heterocycles. The number of aromatic nitrogens is 3. The predicted molar refractivity (Wildman–Crippen MR) is 137 cm³/mol. The van der Waals surface area contributed by atoms with E-state index in [0.29, 0.717) is 29.9 Å². The summed E-state index contributed by atoms with van der Waals surface area (Å²) in [5, 5.41) is 8.57. The number of fused-ring (bicyclic) bond motifs is 1. The van der Waals surface area contributed by atoms with Crippen LogP contribution < -0.4 is 10.1 Å². The van der Waals surface area contributed by atoms with Gasteiger partial charge in [0.2, 0.25) is 11.1 Å². The highest BCUT2D eigenvalue weighted by Gasteiger charge is 2.35. The Kier molecular flexibility index (Phi) is 7.95. The van der Waals surface area contributed by atoms with Crippen molar-refractivity contribution in [2.24, 2.45) is 0 Å². The lowest BCUT2D eigenvalue weighted by Crippen LogP contribution is -2.29. The zero-order chi connectivity index (χ0) is 24.1.